The zero-order valence-electron chi connectivity index (χ0n) is 22.0. The van der Waals surface area contributed by atoms with E-state index in [9.17, 15) is 14.4 Å². The van der Waals surface area contributed by atoms with Crippen LogP contribution in [0.4, 0.5) is 0 Å². The largest absolute Gasteiger partial charge is 0.497 e. The van der Waals surface area contributed by atoms with E-state index in [-0.39, 0.29) is 24.3 Å². The van der Waals surface area contributed by atoms with Gasteiger partial charge in [0.25, 0.3) is 5.91 Å². The molecule has 8 nitrogen and oxygen atoms in total. The van der Waals surface area contributed by atoms with Crippen LogP contribution >= 0.6 is 0 Å². The molecule has 0 aliphatic carbocycles. The fourth-order valence-corrected chi connectivity index (χ4v) is 5.35. The third-order valence-electron chi connectivity index (χ3n) is 7.50. The first-order valence-electron chi connectivity index (χ1n) is 13.2. The zero-order valence-corrected chi connectivity index (χ0v) is 22.0. The molecule has 2 aliphatic rings. The summed E-state index contributed by atoms with van der Waals surface area (Å²) in [6.07, 6.45) is 1.17. The highest BCUT2D eigenvalue weighted by molar-refractivity contribution is 5.98. The summed E-state index contributed by atoms with van der Waals surface area (Å²) in [7, 11) is 1.55. The molecule has 3 amide bonds. The van der Waals surface area contributed by atoms with Gasteiger partial charge in [0.2, 0.25) is 11.8 Å². The van der Waals surface area contributed by atoms with E-state index in [1.165, 1.54) is 0 Å². The fraction of sp³-hybridized carbons (Fsp3) is 0.323. The van der Waals surface area contributed by atoms with Crippen molar-refractivity contribution in [1.82, 2.24) is 15.1 Å². The number of nitrogens with zero attached hydrogens (tertiary/aromatic N) is 2. The van der Waals surface area contributed by atoms with Gasteiger partial charge in [-0.05, 0) is 29.3 Å². The van der Waals surface area contributed by atoms with Crippen LogP contribution in [0.1, 0.15) is 34.3 Å². The van der Waals surface area contributed by atoms with Gasteiger partial charge >= 0.3 is 0 Å². The van der Waals surface area contributed by atoms with E-state index in [1.807, 2.05) is 65.6 Å². The molecule has 0 aromatic heterocycles. The topological polar surface area (TPSA) is 88.2 Å². The minimum Gasteiger partial charge on any atom is -0.497 e. The van der Waals surface area contributed by atoms with Crippen molar-refractivity contribution in [2.45, 2.75) is 37.6 Å². The quantitative estimate of drug-likeness (QED) is 0.509. The van der Waals surface area contributed by atoms with Gasteiger partial charge in [0.05, 0.1) is 20.1 Å². The standard InChI is InChI=1S/C31H33N3O5/c1-38-26-14-8-13-25(20-26)30(37)34-27(29(36)32-21-24-11-6-3-7-12-24)22-39-31(34)15-17-33(18-16-31)28(35)19-23-9-4-2-5-10-23/h2-14,20,27H,15-19,21-22H2,1H3,(H,32,36). The number of hydrogen-bond acceptors (Lipinski definition) is 5. The number of amides is 3. The van der Waals surface area contributed by atoms with Crippen molar-refractivity contribution >= 4 is 17.7 Å². The summed E-state index contributed by atoms with van der Waals surface area (Å²) in [5.41, 5.74) is 1.38. The van der Waals surface area contributed by atoms with Gasteiger partial charge in [-0.25, -0.2) is 0 Å². The second-order valence-corrected chi connectivity index (χ2v) is 9.93. The van der Waals surface area contributed by atoms with Crippen molar-refractivity contribution in [2.24, 2.45) is 0 Å². The normalized spacial score (nSPS) is 18.1. The molecular weight excluding hydrogens is 494 g/mol. The molecule has 39 heavy (non-hydrogen) atoms. The summed E-state index contributed by atoms with van der Waals surface area (Å²) in [6, 6.07) is 25.4. The van der Waals surface area contributed by atoms with E-state index in [1.54, 1.807) is 36.3 Å². The third kappa shape index (κ3) is 5.81. The van der Waals surface area contributed by atoms with Crippen LogP contribution in [0, 0.1) is 0 Å². The molecule has 3 aromatic carbocycles. The molecule has 0 bridgehead atoms. The van der Waals surface area contributed by atoms with Crippen LogP contribution < -0.4 is 10.1 Å². The van der Waals surface area contributed by atoms with Crippen LogP contribution in [-0.2, 0) is 27.3 Å². The number of methoxy groups -OCH3 is 1. The van der Waals surface area contributed by atoms with E-state index in [2.05, 4.69) is 5.32 Å². The maximum absolute atomic E-state index is 14.0. The molecule has 0 radical (unpaired) electrons. The summed E-state index contributed by atoms with van der Waals surface area (Å²) in [4.78, 5) is 43.8. The van der Waals surface area contributed by atoms with Gasteiger partial charge in [-0.15, -0.1) is 0 Å². The van der Waals surface area contributed by atoms with Crippen molar-refractivity contribution < 1.29 is 23.9 Å². The minimum absolute atomic E-state index is 0.0388. The highest BCUT2D eigenvalue weighted by atomic mass is 16.5. The Balaban J connectivity index is 1.34. The van der Waals surface area contributed by atoms with Crippen LogP contribution in [-0.4, -0.2) is 66.1 Å². The Kier molecular flexibility index (Phi) is 7.93. The van der Waals surface area contributed by atoms with Gasteiger partial charge in [0, 0.05) is 38.0 Å². The van der Waals surface area contributed by atoms with Crippen LogP contribution in [0.25, 0.3) is 0 Å². The average Bonchev–Trinajstić information content (AvgIpc) is 3.35. The first-order chi connectivity index (χ1) is 19.0. The minimum atomic E-state index is -0.974. The van der Waals surface area contributed by atoms with Gasteiger partial charge in [-0.2, -0.15) is 0 Å². The molecule has 2 fully saturated rings. The lowest BCUT2D eigenvalue weighted by molar-refractivity contribution is -0.143. The number of hydrogen-bond donors (Lipinski definition) is 1. The number of likely N-dealkylation sites (tertiary alicyclic amines) is 1. The molecule has 1 atom stereocenters. The van der Waals surface area contributed by atoms with E-state index in [0.717, 1.165) is 11.1 Å². The lowest BCUT2D eigenvalue weighted by Gasteiger charge is -2.44. The lowest BCUT2D eigenvalue weighted by atomic mass is 9.96. The summed E-state index contributed by atoms with van der Waals surface area (Å²) in [5.74, 6) is 0.0307. The predicted octanol–water partition coefficient (Wildman–Crippen LogP) is 3.41. The van der Waals surface area contributed by atoms with Gasteiger partial charge in [-0.3, -0.25) is 19.3 Å². The third-order valence-corrected chi connectivity index (χ3v) is 7.50. The van der Waals surface area contributed by atoms with Crippen LogP contribution in [0.3, 0.4) is 0 Å². The summed E-state index contributed by atoms with van der Waals surface area (Å²) < 4.78 is 11.6. The summed E-state index contributed by atoms with van der Waals surface area (Å²) in [5, 5.41) is 2.97. The van der Waals surface area contributed by atoms with Crippen LogP contribution in [0.15, 0.2) is 84.9 Å². The molecule has 1 spiro atoms. The molecule has 3 aromatic rings. The predicted molar refractivity (Wildman–Crippen MR) is 146 cm³/mol. The summed E-state index contributed by atoms with van der Waals surface area (Å²) >= 11 is 0. The van der Waals surface area contributed by atoms with Crippen LogP contribution in [0.5, 0.6) is 5.75 Å². The lowest BCUT2D eigenvalue weighted by Crippen LogP contribution is -2.59. The van der Waals surface area contributed by atoms with E-state index >= 15 is 0 Å². The Morgan fingerprint density at radius 1 is 0.923 bits per heavy atom. The van der Waals surface area contributed by atoms with Gasteiger partial charge in [-0.1, -0.05) is 66.7 Å². The summed E-state index contributed by atoms with van der Waals surface area (Å²) in [6.45, 7) is 1.32. The monoisotopic (exact) mass is 527 g/mol. The molecule has 2 aliphatic heterocycles. The van der Waals surface area contributed by atoms with E-state index in [0.29, 0.717) is 50.2 Å². The Bertz CT molecular complexity index is 1310. The number of carbonyl (C=O) groups is 3. The number of piperidine rings is 1. The number of rotatable bonds is 7. The Hall–Kier alpha value is -4.17. The Morgan fingerprint density at radius 3 is 2.26 bits per heavy atom. The first-order valence-corrected chi connectivity index (χ1v) is 13.2. The van der Waals surface area contributed by atoms with Crippen molar-refractivity contribution in [3.05, 3.63) is 102 Å². The Labute approximate surface area is 228 Å². The highest BCUT2D eigenvalue weighted by Crippen LogP contribution is 2.39. The SMILES string of the molecule is COc1cccc(C(=O)N2C(C(=O)NCc3ccccc3)COC23CCN(C(=O)Cc2ccccc2)CC3)c1. The molecule has 1 unspecified atom stereocenters. The van der Waals surface area contributed by atoms with Crippen molar-refractivity contribution in [2.75, 3.05) is 26.8 Å². The van der Waals surface area contributed by atoms with E-state index < -0.39 is 11.8 Å². The average molecular weight is 528 g/mol. The molecule has 202 valence electrons. The molecule has 0 saturated carbocycles. The first kappa shape index (κ1) is 26.4. The number of benzene rings is 3. The van der Waals surface area contributed by atoms with Gasteiger partial charge in [0.1, 0.15) is 17.5 Å². The number of nitrogens with one attached hydrogen (secondary N) is 1. The fourth-order valence-electron chi connectivity index (χ4n) is 5.35. The second kappa shape index (κ2) is 11.7. The van der Waals surface area contributed by atoms with Crippen molar-refractivity contribution in [3.63, 3.8) is 0 Å². The van der Waals surface area contributed by atoms with Gasteiger partial charge in [0.15, 0.2) is 0 Å². The second-order valence-electron chi connectivity index (χ2n) is 9.93. The Morgan fingerprint density at radius 2 is 1.59 bits per heavy atom. The molecular formula is C31H33N3O5. The molecule has 1 N–H and O–H groups in total. The maximum Gasteiger partial charge on any atom is 0.257 e. The molecule has 2 heterocycles. The van der Waals surface area contributed by atoms with Gasteiger partial charge < -0.3 is 19.7 Å². The smallest absolute Gasteiger partial charge is 0.257 e. The highest BCUT2D eigenvalue weighted by Gasteiger charge is 2.54. The number of ether oxygens (including phenoxy) is 2. The zero-order chi connectivity index (χ0) is 27.2. The molecule has 2 saturated heterocycles. The van der Waals surface area contributed by atoms with Crippen molar-refractivity contribution in [3.8, 4) is 5.75 Å². The van der Waals surface area contributed by atoms with Crippen molar-refractivity contribution in [1.29, 1.82) is 0 Å². The number of carbonyl (C=O) groups excluding carboxylic acids is 3. The molecule has 5 rings (SSSR count). The van der Waals surface area contributed by atoms with Crippen LogP contribution in [0.2, 0.25) is 0 Å². The maximum atomic E-state index is 14.0. The van der Waals surface area contributed by atoms with E-state index in [4.69, 9.17) is 9.47 Å². The molecule has 8 heteroatoms.